The minimum absolute atomic E-state index is 0.0373. The third-order valence-electron chi connectivity index (χ3n) is 2.76. The first-order chi connectivity index (χ1) is 11.7. The molecule has 1 aliphatic rings. The molecule has 11 nitrogen and oxygen atoms in total. The fourth-order valence-corrected chi connectivity index (χ4v) is 1.95. The second kappa shape index (κ2) is 7.53. The van der Waals surface area contributed by atoms with E-state index in [1.54, 1.807) is 0 Å². The van der Waals surface area contributed by atoms with Gasteiger partial charge in [0.15, 0.2) is 12.2 Å². The van der Waals surface area contributed by atoms with E-state index in [1.807, 2.05) is 0 Å². The second-order valence-electron chi connectivity index (χ2n) is 4.52. The Kier molecular flexibility index (Phi) is 5.64. The molecule has 1 heterocycles. The smallest absolute Gasteiger partial charge is 0.366 e. The first-order valence-electron chi connectivity index (χ1n) is 6.42. The van der Waals surface area contributed by atoms with Crippen LogP contribution in [0.4, 0.5) is 5.69 Å². The van der Waals surface area contributed by atoms with Gasteiger partial charge in [-0.3, -0.25) is 0 Å². The number of hydrogen-bond acceptors (Lipinski definition) is 11. The highest BCUT2D eigenvalue weighted by atomic mass is 35.5. The van der Waals surface area contributed by atoms with Crippen LogP contribution < -0.4 is 16.5 Å². The number of hydrogen-bond donors (Lipinski definition) is 4. The highest BCUT2D eigenvalue weighted by Gasteiger charge is 2.36. The van der Waals surface area contributed by atoms with Gasteiger partial charge in [-0.05, 0) is 23.4 Å². The molecule has 2 unspecified atom stereocenters. The Bertz CT molecular complexity index is 770. The molecule has 0 spiro atoms. The third kappa shape index (κ3) is 4.28. The predicted octanol–water partition coefficient (Wildman–Crippen LogP) is -0.919. The monoisotopic (exact) mass is 391 g/mol. The average Bonchev–Trinajstić information content (AvgIpc) is 2.58. The number of aliphatic hydroxyl groups is 2. The van der Waals surface area contributed by atoms with Crippen LogP contribution in [0, 0.1) is 0 Å². The summed E-state index contributed by atoms with van der Waals surface area (Å²) in [6, 6.07) is 4.10. The fraction of sp³-hybridized carbons (Fsp3) is 0.167. The maximum absolute atomic E-state index is 12.0. The van der Waals surface area contributed by atoms with E-state index in [-0.39, 0.29) is 15.7 Å². The van der Waals surface area contributed by atoms with Crippen molar-refractivity contribution in [3.8, 4) is 0 Å². The number of nitrogens with zero attached hydrogens (tertiary/aromatic N) is 3. The van der Waals surface area contributed by atoms with Gasteiger partial charge in [-0.15, -0.1) is 5.06 Å². The standard InChI is InChI=1S/C12H11Cl2N5O6/c13-4-1-2-5(14)6(3-4)19-12(16)17-11(15)18-24-9(22)7(20)8(21)10(23)25-19/h1-3,7-8,20-21H,(H4,15,16,17,18). The van der Waals surface area contributed by atoms with Gasteiger partial charge in [0.2, 0.25) is 5.96 Å². The van der Waals surface area contributed by atoms with Crippen molar-refractivity contribution >= 4 is 52.7 Å². The zero-order valence-electron chi connectivity index (χ0n) is 12.2. The van der Waals surface area contributed by atoms with Crippen molar-refractivity contribution < 1.29 is 29.5 Å². The number of anilines is 1. The van der Waals surface area contributed by atoms with Crippen molar-refractivity contribution in [1.82, 2.24) is 0 Å². The number of carbonyl (C=O) groups excluding carboxylic acids is 2. The Balaban J connectivity index is 2.53. The summed E-state index contributed by atoms with van der Waals surface area (Å²) in [4.78, 5) is 36.1. The maximum atomic E-state index is 12.0. The molecule has 134 valence electrons. The lowest BCUT2D eigenvalue weighted by molar-refractivity contribution is -0.172. The van der Waals surface area contributed by atoms with E-state index in [4.69, 9.17) is 39.5 Å². The van der Waals surface area contributed by atoms with Gasteiger partial charge in [0.05, 0.1) is 5.02 Å². The molecule has 13 heteroatoms. The van der Waals surface area contributed by atoms with E-state index in [9.17, 15) is 19.8 Å². The normalized spacial score (nSPS) is 26.5. The number of aliphatic imine (C=N–C) groups is 1. The predicted molar refractivity (Wildman–Crippen MR) is 86.4 cm³/mol. The summed E-state index contributed by atoms with van der Waals surface area (Å²) in [5.41, 5.74) is 11.0. The van der Waals surface area contributed by atoms with Gasteiger partial charge < -0.3 is 31.4 Å². The number of hydroxylamine groups is 1. The molecule has 0 aliphatic carbocycles. The minimum Gasteiger partial charge on any atom is -0.379 e. The van der Waals surface area contributed by atoms with Crippen LogP contribution in [0.5, 0.6) is 0 Å². The van der Waals surface area contributed by atoms with Crippen LogP contribution in [0.1, 0.15) is 0 Å². The quantitative estimate of drug-likeness (QED) is 0.441. The lowest BCUT2D eigenvalue weighted by Gasteiger charge is -2.24. The molecule has 0 amide bonds. The Hall–Kier alpha value is -2.60. The van der Waals surface area contributed by atoms with Crippen molar-refractivity contribution in [2.45, 2.75) is 12.2 Å². The second-order valence-corrected chi connectivity index (χ2v) is 5.36. The number of oxime groups is 1. The summed E-state index contributed by atoms with van der Waals surface area (Å²) >= 11 is 11.9. The molecular formula is C12H11Cl2N5O6. The van der Waals surface area contributed by atoms with Gasteiger partial charge in [0.25, 0.3) is 5.96 Å². The molecule has 0 radical (unpaired) electrons. The lowest BCUT2D eigenvalue weighted by Crippen LogP contribution is -2.46. The van der Waals surface area contributed by atoms with Crippen LogP contribution in [-0.4, -0.2) is 46.3 Å². The molecule has 6 N–H and O–H groups in total. The Morgan fingerprint density at radius 3 is 2.44 bits per heavy atom. The largest absolute Gasteiger partial charge is 0.379 e. The SMILES string of the molecule is NC1=N/OC(=O)C(O)C(O)C(=O)ON(c2cc(Cl)ccc2Cl)\C(N)=N\1. The molecule has 0 fully saturated rings. The highest BCUT2D eigenvalue weighted by molar-refractivity contribution is 6.35. The van der Waals surface area contributed by atoms with Crippen LogP contribution in [0.2, 0.25) is 10.0 Å². The Labute approximate surface area is 149 Å². The summed E-state index contributed by atoms with van der Waals surface area (Å²) in [6.45, 7) is 0. The van der Waals surface area contributed by atoms with E-state index in [0.29, 0.717) is 5.06 Å². The lowest BCUT2D eigenvalue weighted by atomic mass is 10.2. The van der Waals surface area contributed by atoms with Crippen LogP contribution >= 0.6 is 23.2 Å². The first kappa shape index (κ1) is 18.7. The van der Waals surface area contributed by atoms with Crippen LogP contribution in [0.25, 0.3) is 0 Å². The van der Waals surface area contributed by atoms with Gasteiger partial charge >= 0.3 is 11.9 Å². The van der Waals surface area contributed by atoms with Crippen molar-refractivity contribution in [3.63, 3.8) is 0 Å². The molecule has 1 aliphatic heterocycles. The number of carbonyl (C=O) groups is 2. The van der Waals surface area contributed by atoms with Crippen LogP contribution in [0.3, 0.4) is 0 Å². The van der Waals surface area contributed by atoms with Gasteiger partial charge in [-0.1, -0.05) is 23.2 Å². The number of halogens is 2. The van der Waals surface area contributed by atoms with Gasteiger partial charge in [0, 0.05) is 5.02 Å². The zero-order chi connectivity index (χ0) is 18.7. The van der Waals surface area contributed by atoms with Gasteiger partial charge in [-0.2, -0.15) is 4.99 Å². The summed E-state index contributed by atoms with van der Waals surface area (Å²) in [5.74, 6) is -4.12. The first-order valence-corrected chi connectivity index (χ1v) is 7.18. The Morgan fingerprint density at radius 1 is 1.12 bits per heavy atom. The summed E-state index contributed by atoms with van der Waals surface area (Å²) in [5, 5.41) is 23.2. The Morgan fingerprint density at radius 2 is 1.76 bits per heavy atom. The summed E-state index contributed by atoms with van der Waals surface area (Å²) < 4.78 is 0. The van der Waals surface area contributed by atoms with E-state index < -0.39 is 36.1 Å². The molecule has 1 aromatic rings. The molecule has 0 saturated heterocycles. The maximum Gasteiger partial charge on any atom is 0.366 e. The van der Waals surface area contributed by atoms with Crippen molar-refractivity contribution in [1.29, 1.82) is 0 Å². The average molecular weight is 392 g/mol. The molecule has 25 heavy (non-hydrogen) atoms. The van der Waals surface area contributed by atoms with E-state index in [0.717, 1.165) is 0 Å². The molecule has 2 rings (SSSR count). The van der Waals surface area contributed by atoms with Crippen LogP contribution in [-0.2, 0) is 19.3 Å². The number of aliphatic hydroxyl groups excluding tert-OH is 2. The summed E-state index contributed by atoms with van der Waals surface area (Å²) in [7, 11) is 0. The topological polar surface area (TPSA) is 173 Å². The minimum atomic E-state index is -2.31. The molecule has 2 atom stereocenters. The fourth-order valence-electron chi connectivity index (χ4n) is 1.59. The molecule has 0 bridgehead atoms. The summed E-state index contributed by atoms with van der Waals surface area (Å²) in [6.07, 6.45) is -4.60. The van der Waals surface area contributed by atoms with E-state index in [1.165, 1.54) is 18.2 Å². The highest BCUT2D eigenvalue weighted by Crippen LogP contribution is 2.29. The molecule has 0 saturated carbocycles. The van der Waals surface area contributed by atoms with Gasteiger partial charge in [-0.25, -0.2) is 9.59 Å². The number of nitrogens with two attached hydrogens (primary N) is 2. The van der Waals surface area contributed by atoms with Crippen molar-refractivity contribution in [2.24, 2.45) is 21.6 Å². The van der Waals surface area contributed by atoms with E-state index in [2.05, 4.69) is 15.0 Å². The zero-order valence-corrected chi connectivity index (χ0v) is 13.7. The third-order valence-corrected chi connectivity index (χ3v) is 3.31. The van der Waals surface area contributed by atoms with E-state index >= 15 is 0 Å². The van der Waals surface area contributed by atoms with Crippen molar-refractivity contribution in [2.75, 3.05) is 5.06 Å². The van der Waals surface area contributed by atoms with Crippen LogP contribution in [0.15, 0.2) is 28.3 Å². The van der Waals surface area contributed by atoms with Gasteiger partial charge in [0.1, 0.15) is 5.69 Å². The molecule has 1 aromatic carbocycles. The van der Waals surface area contributed by atoms with Crippen molar-refractivity contribution in [3.05, 3.63) is 28.2 Å². The molecular weight excluding hydrogens is 381 g/mol. The molecule has 0 aromatic heterocycles. The number of guanidine groups is 2. The number of benzene rings is 1. The number of rotatable bonds is 1.